The maximum atomic E-state index is 12.2. The molecule has 0 saturated heterocycles. The molecule has 2 aromatic carbocycles. The van der Waals surface area contributed by atoms with Gasteiger partial charge in [-0.25, -0.2) is 5.43 Å². The number of carbonyl (C=O) groups is 1. The van der Waals surface area contributed by atoms with E-state index in [-0.39, 0.29) is 12.4 Å². The number of furan rings is 1. The molecule has 6 nitrogen and oxygen atoms in total. The average Bonchev–Trinajstić information content (AvgIpc) is 3.12. The quantitative estimate of drug-likeness (QED) is 0.367. The zero-order chi connectivity index (χ0) is 19.2. The number of hydrogen-bond donors (Lipinski definition) is 1. The maximum absolute atomic E-state index is 12.2. The first-order chi connectivity index (χ1) is 13.1. The molecule has 7 heteroatoms. The van der Waals surface area contributed by atoms with Gasteiger partial charge in [0.15, 0.2) is 17.3 Å². The Balaban J connectivity index is 1.73. The molecule has 0 aliphatic carbocycles. The van der Waals surface area contributed by atoms with Crippen molar-refractivity contribution in [3.63, 3.8) is 0 Å². The van der Waals surface area contributed by atoms with E-state index >= 15 is 0 Å². The second-order valence-corrected chi connectivity index (χ2v) is 6.22. The first-order valence-electron chi connectivity index (χ1n) is 7.88. The number of para-hydroxylation sites is 1. The Morgan fingerprint density at radius 1 is 1.33 bits per heavy atom. The highest BCUT2D eigenvalue weighted by Crippen LogP contribution is 2.32. The summed E-state index contributed by atoms with van der Waals surface area (Å²) < 4.78 is 16.9. The van der Waals surface area contributed by atoms with Gasteiger partial charge in [-0.05, 0) is 40.2 Å². The van der Waals surface area contributed by atoms with Crippen LogP contribution >= 0.6 is 15.9 Å². The van der Waals surface area contributed by atoms with Gasteiger partial charge < -0.3 is 13.9 Å². The van der Waals surface area contributed by atoms with Gasteiger partial charge in [-0.3, -0.25) is 4.79 Å². The topological polar surface area (TPSA) is 73.1 Å². The molecule has 0 unspecified atom stereocenters. The summed E-state index contributed by atoms with van der Waals surface area (Å²) in [5, 5.41) is 4.82. The molecule has 3 aromatic rings. The van der Waals surface area contributed by atoms with Crippen molar-refractivity contribution in [2.45, 2.75) is 0 Å². The predicted molar refractivity (Wildman–Crippen MR) is 106 cm³/mol. The van der Waals surface area contributed by atoms with Crippen molar-refractivity contribution in [3.8, 4) is 23.8 Å². The third kappa shape index (κ3) is 4.30. The van der Waals surface area contributed by atoms with E-state index < -0.39 is 5.91 Å². The van der Waals surface area contributed by atoms with Gasteiger partial charge in [-0.2, -0.15) is 5.10 Å². The Labute approximate surface area is 164 Å². The SMILES string of the molecule is C#CCOc1cc(Br)c(/C=N/NC(=O)c2cc3ccccc3o2)cc1OC. The van der Waals surface area contributed by atoms with E-state index in [1.807, 2.05) is 18.2 Å². The second kappa shape index (κ2) is 8.43. The molecule has 1 heterocycles. The first kappa shape index (κ1) is 18.5. The number of amides is 1. The van der Waals surface area contributed by atoms with Crippen molar-refractivity contribution < 1.29 is 18.7 Å². The zero-order valence-electron chi connectivity index (χ0n) is 14.4. The molecule has 0 aliphatic heterocycles. The van der Waals surface area contributed by atoms with E-state index in [1.54, 1.807) is 24.3 Å². The van der Waals surface area contributed by atoms with Crippen LogP contribution in [-0.2, 0) is 0 Å². The molecular weight excluding hydrogens is 412 g/mol. The molecule has 0 atom stereocenters. The van der Waals surface area contributed by atoms with E-state index in [4.69, 9.17) is 20.3 Å². The number of rotatable bonds is 6. The monoisotopic (exact) mass is 426 g/mol. The zero-order valence-corrected chi connectivity index (χ0v) is 15.9. The predicted octanol–water partition coefficient (Wildman–Crippen LogP) is 3.98. The summed E-state index contributed by atoms with van der Waals surface area (Å²) in [7, 11) is 1.52. The van der Waals surface area contributed by atoms with Crippen molar-refractivity contribution in [3.05, 3.63) is 58.3 Å². The van der Waals surface area contributed by atoms with Crippen LogP contribution in [0.5, 0.6) is 11.5 Å². The fraction of sp³-hybridized carbons (Fsp3) is 0.100. The molecule has 1 amide bonds. The minimum Gasteiger partial charge on any atom is -0.493 e. The smallest absolute Gasteiger partial charge is 0.307 e. The van der Waals surface area contributed by atoms with Crippen LogP contribution in [0.2, 0.25) is 0 Å². The van der Waals surface area contributed by atoms with E-state index in [0.29, 0.717) is 27.1 Å². The number of nitrogens with one attached hydrogen (secondary N) is 1. The van der Waals surface area contributed by atoms with Gasteiger partial charge in [0, 0.05) is 15.4 Å². The van der Waals surface area contributed by atoms with Crippen molar-refractivity contribution >= 4 is 39.0 Å². The van der Waals surface area contributed by atoms with Gasteiger partial charge in [0.05, 0.1) is 13.3 Å². The number of ether oxygens (including phenoxy) is 2. The molecular formula is C20H15BrN2O4. The van der Waals surface area contributed by atoms with Crippen molar-refractivity contribution in [2.24, 2.45) is 5.10 Å². The van der Waals surface area contributed by atoms with Crippen LogP contribution in [0, 0.1) is 12.3 Å². The third-order valence-corrected chi connectivity index (χ3v) is 4.30. The molecule has 0 fully saturated rings. The van der Waals surface area contributed by atoms with Crippen molar-refractivity contribution in [1.29, 1.82) is 0 Å². The minimum atomic E-state index is -0.445. The molecule has 0 saturated carbocycles. The summed E-state index contributed by atoms with van der Waals surface area (Å²) in [4.78, 5) is 12.2. The number of hydrazone groups is 1. The van der Waals surface area contributed by atoms with Crippen molar-refractivity contribution in [1.82, 2.24) is 5.43 Å². The minimum absolute atomic E-state index is 0.129. The van der Waals surface area contributed by atoms with Crippen LogP contribution in [0.1, 0.15) is 16.1 Å². The molecule has 3 rings (SSSR count). The molecule has 0 bridgehead atoms. The number of nitrogens with zero attached hydrogens (tertiary/aromatic N) is 1. The van der Waals surface area contributed by atoms with E-state index in [9.17, 15) is 4.79 Å². The molecule has 1 N–H and O–H groups in total. The van der Waals surface area contributed by atoms with E-state index in [1.165, 1.54) is 13.3 Å². The standard InChI is InChI=1S/C20H15BrN2O4/c1-3-8-26-18-11-15(21)14(10-17(18)25-2)12-22-23-20(24)19-9-13-6-4-5-7-16(13)27-19/h1,4-7,9-12H,8H2,2H3,(H,23,24)/b22-12+. The number of fused-ring (bicyclic) bond motifs is 1. The number of benzene rings is 2. The second-order valence-electron chi connectivity index (χ2n) is 5.36. The third-order valence-electron chi connectivity index (χ3n) is 3.61. The fourth-order valence-electron chi connectivity index (χ4n) is 2.35. The molecule has 1 aromatic heterocycles. The summed E-state index contributed by atoms with van der Waals surface area (Å²) in [5.74, 6) is 3.14. The van der Waals surface area contributed by atoms with Crippen LogP contribution in [0.4, 0.5) is 0 Å². The van der Waals surface area contributed by atoms with E-state index in [0.717, 1.165) is 5.39 Å². The van der Waals surface area contributed by atoms with Gasteiger partial charge in [-0.1, -0.05) is 24.1 Å². The van der Waals surface area contributed by atoms with Crippen LogP contribution in [0.25, 0.3) is 11.0 Å². The summed E-state index contributed by atoms with van der Waals surface area (Å²) in [6.07, 6.45) is 6.69. The highest BCUT2D eigenvalue weighted by Gasteiger charge is 2.12. The molecule has 27 heavy (non-hydrogen) atoms. The maximum Gasteiger partial charge on any atom is 0.307 e. The van der Waals surface area contributed by atoms with Gasteiger partial charge in [-0.15, -0.1) is 6.42 Å². The number of terminal acetylenes is 1. The van der Waals surface area contributed by atoms with Gasteiger partial charge in [0.25, 0.3) is 0 Å². The Hall–Kier alpha value is -3.24. The van der Waals surface area contributed by atoms with E-state index in [2.05, 4.69) is 32.4 Å². The Kier molecular flexibility index (Phi) is 5.79. The van der Waals surface area contributed by atoms with Crippen molar-refractivity contribution in [2.75, 3.05) is 13.7 Å². The molecule has 0 spiro atoms. The average molecular weight is 427 g/mol. The summed E-state index contributed by atoms with van der Waals surface area (Å²) in [6, 6.07) is 12.5. The number of hydrogen-bond acceptors (Lipinski definition) is 5. The lowest BCUT2D eigenvalue weighted by molar-refractivity contribution is 0.0929. The molecule has 136 valence electrons. The summed E-state index contributed by atoms with van der Waals surface area (Å²) in [6.45, 7) is 0.129. The lowest BCUT2D eigenvalue weighted by Crippen LogP contribution is -2.16. The number of carbonyl (C=O) groups excluding carboxylic acids is 1. The summed E-state index contributed by atoms with van der Waals surface area (Å²) >= 11 is 3.43. The highest BCUT2D eigenvalue weighted by atomic mass is 79.9. The van der Waals surface area contributed by atoms with Crippen LogP contribution in [0.3, 0.4) is 0 Å². The molecule has 0 aliphatic rings. The molecule has 0 radical (unpaired) electrons. The van der Waals surface area contributed by atoms with Crippen LogP contribution < -0.4 is 14.9 Å². The lowest BCUT2D eigenvalue weighted by Gasteiger charge is -2.10. The lowest BCUT2D eigenvalue weighted by atomic mass is 10.2. The Morgan fingerprint density at radius 2 is 2.15 bits per heavy atom. The van der Waals surface area contributed by atoms with Crippen LogP contribution in [-0.4, -0.2) is 25.8 Å². The number of halogens is 1. The normalized spacial score (nSPS) is 10.7. The Morgan fingerprint density at radius 3 is 2.89 bits per heavy atom. The largest absolute Gasteiger partial charge is 0.493 e. The van der Waals surface area contributed by atoms with Gasteiger partial charge >= 0.3 is 5.91 Å². The summed E-state index contributed by atoms with van der Waals surface area (Å²) in [5.41, 5.74) is 3.76. The Bertz CT molecular complexity index is 1020. The van der Waals surface area contributed by atoms with Gasteiger partial charge in [0.2, 0.25) is 0 Å². The van der Waals surface area contributed by atoms with Crippen LogP contribution in [0.15, 0.2) is 56.5 Å². The van der Waals surface area contributed by atoms with Gasteiger partial charge in [0.1, 0.15) is 12.2 Å². The first-order valence-corrected chi connectivity index (χ1v) is 8.67. The highest BCUT2D eigenvalue weighted by molar-refractivity contribution is 9.10. The number of methoxy groups -OCH3 is 1. The fourth-order valence-corrected chi connectivity index (χ4v) is 2.78.